The van der Waals surface area contributed by atoms with Crippen LogP contribution in [0.3, 0.4) is 0 Å². The lowest BCUT2D eigenvalue weighted by Gasteiger charge is -2.33. The van der Waals surface area contributed by atoms with Gasteiger partial charge in [0, 0.05) is 11.0 Å². The van der Waals surface area contributed by atoms with Crippen LogP contribution in [0.2, 0.25) is 0 Å². The van der Waals surface area contributed by atoms with E-state index in [1.54, 1.807) is 6.07 Å². The van der Waals surface area contributed by atoms with Crippen molar-refractivity contribution in [2.75, 3.05) is 6.54 Å². The van der Waals surface area contributed by atoms with E-state index in [4.69, 9.17) is 5.73 Å². The summed E-state index contributed by atoms with van der Waals surface area (Å²) >= 11 is 3.15. The van der Waals surface area contributed by atoms with Crippen LogP contribution in [0.15, 0.2) is 22.7 Å². The maximum absolute atomic E-state index is 13.7. The Kier molecular flexibility index (Phi) is 4.87. The quantitative estimate of drug-likeness (QED) is 0.897. The number of nitrogens with one attached hydrogen (secondary N) is 1. The molecule has 1 amide bonds. The maximum atomic E-state index is 13.7. The van der Waals surface area contributed by atoms with E-state index in [2.05, 4.69) is 21.2 Å². The Balaban J connectivity index is 2.95. The van der Waals surface area contributed by atoms with Crippen LogP contribution in [0.25, 0.3) is 0 Å². The van der Waals surface area contributed by atoms with E-state index < -0.39 is 17.3 Å². The van der Waals surface area contributed by atoms with E-state index in [9.17, 15) is 9.18 Å². The van der Waals surface area contributed by atoms with E-state index >= 15 is 0 Å². The van der Waals surface area contributed by atoms with Crippen molar-refractivity contribution in [2.45, 2.75) is 26.3 Å². The lowest BCUT2D eigenvalue weighted by Crippen LogP contribution is -2.55. The highest BCUT2D eigenvalue weighted by Crippen LogP contribution is 2.19. The first kappa shape index (κ1) is 15.1. The van der Waals surface area contributed by atoms with Crippen LogP contribution >= 0.6 is 15.9 Å². The molecule has 1 atom stereocenters. The molecule has 0 fully saturated rings. The van der Waals surface area contributed by atoms with Crippen LogP contribution in [0.1, 0.15) is 31.1 Å². The Morgan fingerprint density at radius 3 is 2.61 bits per heavy atom. The molecule has 18 heavy (non-hydrogen) atoms. The fourth-order valence-electron chi connectivity index (χ4n) is 1.43. The molecule has 1 rings (SSSR count). The second-order valence-electron chi connectivity index (χ2n) is 4.85. The molecule has 0 aromatic heterocycles. The minimum Gasteiger partial charge on any atom is -0.345 e. The van der Waals surface area contributed by atoms with Crippen molar-refractivity contribution in [1.29, 1.82) is 0 Å². The van der Waals surface area contributed by atoms with Gasteiger partial charge in [0.1, 0.15) is 5.82 Å². The molecule has 1 aromatic carbocycles. The normalized spacial score (nSPS) is 14.4. The van der Waals surface area contributed by atoms with Crippen molar-refractivity contribution >= 4 is 21.8 Å². The zero-order valence-corrected chi connectivity index (χ0v) is 12.3. The maximum Gasteiger partial charge on any atom is 0.254 e. The van der Waals surface area contributed by atoms with Gasteiger partial charge in [-0.3, -0.25) is 4.79 Å². The van der Waals surface area contributed by atoms with E-state index in [0.717, 1.165) is 0 Å². The molecule has 0 aliphatic carbocycles. The van der Waals surface area contributed by atoms with Gasteiger partial charge >= 0.3 is 0 Å². The summed E-state index contributed by atoms with van der Waals surface area (Å²) in [6, 6.07) is 4.35. The SMILES string of the molecule is CC(C)C(C)(CN)NC(=O)c1ccc(Br)cc1F. The van der Waals surface area contributed by atoms with Crippen LogP contribution in [-0.4, -0.2) is 18.0 Å². The third-order valence-electron chi connectivity index (χ3n) is 3.27. The standard InChI is InChI=1S/C13H18BrFN2O/c1-8(2)13(3,7-16)17-12(18)10-5-4-9(14)6-11(10)15/h4-6,8H,7,16H2,1-3H3,(H,17,18). The summed E-state index contributed by atoms with van der Waals surface area (Å²) in [7, 11) is 0. The number of carbonyl (C=O) groups excluding carboxylic acids is 1. The van der Waals surface area contributed by atoms with E-state index in [-0.39, 0.29) is 11.5 Å². The first-order chi connectivity index (χ1) is 8.30. The largest absolute Gasteiger partial charge is 0.345 e. The molecule has 1 unspecified atom stereocenters. The number of amides is 1. The Morgan fingerprint density at radius 2 is 2.17 bits per heavy atom. The summed E-state index contributed by atoms with van der Waals surface area (Å²) in [4.78, 5) is 12.0. The third kappa shape index (κ3) is 3.29. The predicted octanol–water partition coefficient (Wildman–Crippen LogP) is 2.69. The van der Waals surface area contributed by atoms with Crippen molar-refractivity contribution < 1.29 is 9.18 Å². The molecule has 0 spiro atoms. The molecular weight excluding hydrogens is 299 g/mol. The average Bonchev–Trinajstić information content (AvgIpc) is 2.28. The molecule has 0 radical (unpaired) electrons. The van der Waals surface area contributed by atoms with Gasteiger partial charge in [0.2, 0.25) is 0 Å². The Labute approximate surface area is 115 Å². The van der Waals surface area contributed by atoms with Gasteiger partial charge in [0.25, 0.3) is 5.91 Å². The molecule has 3 nitrogen and oxygen atoms in total. The second-order valence-corrected chi connectivity index (χ2v) is 5.77. The van der Waals surface area contributed by atoms with Crippen molar-refractivity contribution in [3.63, 3.8) is 0 Å². The first-order valence-electron chi connectivity index (χ1n) is 5.78. The molecule has 0 bridgehead atoms. The minimum absolute atomic E-state index is 0.0264. The van der Waals surface area contributed by atoms with Crippen LogP contribution in [-0.2, 0) is 0 Å². The van der Waals surface area contributed by atoms with Gasteiger partial charge in [-0.05, 0) is 31.0 Å². The predicted molar refractivity (Wildman–Crippen MR) is 73.9 cm³/mol. The number of hydrogen-bond acceptors (Lipinski definition) is 2. The zero-order valence-electron chi connectivity index (χ0n) is 10.8. The van der Waals surface area contributed by atoms with Gasteiger partial charge in [-0.25, -0.2) is 4.39 Å². The number of benzene rings is 1. The Morgan fingerprint density at radius 1 is 1.56 bits per heavy atom. The number of halogens is 2. The lowest BCUT2D eigenvalue weighted by atomic mass is 9.88. The van der Waals surface area contributed by atoms with Crippen LogP contribution in [0.4, 0.5) is 4.39 Å². The smallest absolute Gasteiger partial charge is 0.254 e. The molecule has 0 heterocycles. The van der Waals surface area contributed by atoms with Gasteiger partial charge < -0.3 is 11.1 Å². The van der Waals surface area contributed by atoms with Crippen LogP contribution in [0.5, 0.6) is 0 Å². The van der Waals surface area contributed by atoms with Crippen LogP contribution < -0.4 is 11.1 Å². The monoisotopic (exact) mass is 316 g/mol. The molecule has 3 N–H and O–H groups in total. The van der Waals surface area contributed by atoms with Crippen molar-refractivity contribution in [1.82, 2.24) is 5.32 Å². The average molecular weight is 317 g/mol. The lowest BCUT2D eigenvalue weighted by molar-refractivity contribution is 0.0879. The van der Waals surface area contributed by atoms with Gasteiger partial charge in [-0.2, -0.15) is 0 Å². The number of nitrogens with two attached hydrogens (primary N) is 1. The second kappa shape index (κ2) is 5.80. The molecule has 0 saturated carbocycles. The molecule has 100 valence electrons. The first-order valence-corrected chi connectivity index (χ1v) is 6.57. The molecular formula is C13H18BrFN2O. The van der Waals surface area contributed by atoms with Crippen molar-refractivity contribution in [3.8, 4) is 0 Å². The summed E-state index contributed by atoms with van der Waals surface area (Å²) in [5.41, 5.74) is 5.16. The summed E-state index contributed by atoms with van der Waals surface area (Å²) < 4.78 is 14.3. The highest BCUT2D eigenvalue weighted by atomic mass is 79.9. The van der Waals surface area contributed by atoms with E-state index in [0.29, 0.717) is 11.0 Å². The summed E-state index contributed by atoms with van der Waals surface area (Å²) in [5.74, 6) is -0.836. The third-order valence-corrected chi connectivity index (χ3v) is 3.77. The van der Waals surface area contributed by atoms with Gasteiger partial charge in [0.05, 0.1) is 11.1 Å². The topological polar surface area (TPSA) is 55.1 Å². The Bertz CT molecular complexity index is 451. The zero-order chi connectivity index (χ0) is 13.9. The van der Waals surface area contributed by atoms with Gasteiger partial charge in [-0.15, -0.1) is 0 Å². The molecule has 5 heteroatoms. The molecule has 0 aliphatic heterocycles. The van der Waals surface area contributed by atoms with E-state index in [1.807, 2.05) is 20.8 Å². The molecule has 0 saturated heterocycles. The summed E-state index contributed by atoms with van der Waals surface area (Å²) in [6.07, 6.45) is 0. The van der Waals surface area contributed by atoms with Crippen molar-refractivity contribution in [2.24, 2.45) is 11.7 Å². The number of hydrogen-bond donors (Lipinski definition) is 2. The van der Waals surface area contributed by atoms with E-state index in [1.165, 1.54) is 12.1 Å². The Hall–Kier alpha value is -0.940. The fraction of sp³-hybridized carbons (Fsp3) is 0.462. The molecule has 0 aliphatic rings. The summed E-state index contributed by atoms with van der Waals surface area (Å²) in [5, 5.41) is 2.80. The number of carbonyl (C=O) groups is 1. The fourth-order valence-corrected chi connectivity index (χ4v) is 1.76. The summed E-state index contributed by atoms with van der Waals surface area (Å²) in [6.45, 7) is 6.08. The highest BCUT2D eigenvalue weighted by Gasteiger charge is 2.29. The highest BCUT2D eigenvalue weighted by molar-refractivity contribution is 9.10. The molecule has 1 aromatic rings. The van der Waals surface area contributed by atoms with Gasteiger partial charge in [0.15, 0.2) is 0 Å². The minimum atomic E-state index is -0.551. The van der Waals surface area contributed by atoms with Gasteiger partial charge in [-0.1, -0.05) is 29.8 Å². The van der Waals surface area contributed by atoms with Crippen LogP contribution in [0, 0.1) is 11.7 Å². The van der Waals surface area contributed by atoms with Crippen molar-refractivity contribution in [3.05, 3.63) is 34.1 Å². The number of rotatable bonds is 4.